The fourth-order valence-electron chi connectivity index (χ4n) is 1.78. The molecule has 2 N–H and O–H groups in total. The van der Waals surface area contributed by atoms with Gasteiger partial charge in [0.25, 0.3) is 0 Å². The average Bonchev–Trinajstić information content (AvgIpc) is 2.40. The molecule has 0 aromatic heterocycles. The number of nitrogens with two attached hydrogens (primary N) is 1. The zero-order chi connectivity index (χ0) is 17.7. The lowest BCUT2D eigenvalue weighted by atomic mass is 10.2. The van der Waals surface area contributed by atoms with E-state index in [-0.39, 0.29) is 22.2 Å². The zero-order valence-corrected chi connectivity index (χ0v) is 15.7. The lowest BCUT2D eigenvalue weighted by Crippen LogP contribution is -2.41. The molecule has 0 aliphatic rings. The fourth-order valence-corrected chi connectivity index (χ4v) is 2.87. The lowest BCUT2D eigenvalue weighted by molar-refractivity contribution is -0.384. The summed E-state index contributed by atoms with van der Waals surface area (Å²) in [6, 6.07) is 4.72. The number of para-hydroxylation sites is 1. The highest BCUT2D eigenvalue weighted by atomic mass is 28.4. The molecule has 6 nitrogen and oxygen atoms in total. The van der Waals surface area contributed by atoms with Crippen LogP contribution in [0.5, 0.6) is 5.75 Å². The number of nitro groups is 1. The van der Waals surface area contributed by atoms with Gasteiger partial charge >= 0.3 is 5.69 Å². The van der Waals surface area contributed by atoms with Gasteiger partial charge in [-0.2, -0.15) is 0 Å². The zero-order valence-electron chi connectivity index (χ0n) is 14.7. The van der Waals surface area contributed by atoms with Gasteiger partial charge in [0, 0.05) is 6.61 Å². The first kappa shape index (κ1) is 19.4. The van der Waals surface area contributed by atoms with Gasteiger partial charge in [0.1, 0.15) is 5.69 Å². The summed E-state index contributed by atoms with van der Waals surface area (Å²) in [5.41, 5.74) is 5.58. The van der Waals surface area contributed by atoms with Gasteiger partial charge in [0.05, 0.1) is 11.5 Å². The first-order chi connectivity index (χ1) is 10.6. The summed E-state index contributed by atoms with van der Waals surface area (Å²) in [6.45, 7) is 12.2. The molecule has 0 atom stereocenters. The highest BCUT2D eigenvalue weighted by Crippen LogP contribution is 2.36. The van der Waals surface area contributed by atoms with E-state index in [0.29, 0.717) is 13.2 Å². The predicted molar refractivity (Wildman–Crippen MR) is 95.4 cm³/mol. The molecule has 0 amide bonds. The number of nitrogens with zero attached hydrogens (tertiary/aromatic N) is 1. The minimum Gasteiger partial charge on any atom is -0.487 e. The molecule has 0 saturated heterocycles. The number of benzene rings is 1. The van der Waals surface area contributed by atoms with Crippen molar-refractivity contribution in [3.63, 3.8) is 0 Å². The number of ether oxygens (including phenoxy) is 1. The first-order valence-corrected chi connectivity index (χ1v) is 10.8. The van der Waals surface area contributed by atoms with Crippen molar-refractivity contribution < 1.29 is 14.1 Å². The summed E-state index contributed by atoms with van der Waals surface area (Å²) >= 11 is 0. The Morgan fingerprint density at radius 2 is 1.83 bits per heavy atom. The van der Waals surface area contributed by atoms with E-state index in [2.05, 4.69) is 33.9 Å². The van der Waals surface area contributed by atoms with Crippen LogP contribution in [0.25, 0.3) is 0 Å². The molecule has 1 rings (SSSR count). The Morgan fingerprint density at radius 3 is 2.39 bits per heavy atom. The van der Waals surface area contributed by atoms with E-state index < -0.39 is 13.2 Å². The topological polar surface area (TPSA) is 87.6 Å². The molecule has 7 heteroatoms. The molecule has 0 aliphatic carbocycles. The standard InChI is InChI=1S/C16H28N2O4Si/c1-16(2,3)23(4,5)22-12-7-6-11-21-14-10-8-9-13(17)15(14)18(19)20/h8-10H,6-7,11-12,17H2,1-5H3. The van der Waals surface area contributed by atoms with Crippen molar-refractivity contribution in [2.45, 2.75) is 51.7 Å². The van der Waals surface area contributed by atoms with Crippen molar-refractivity contribution in [1.82, 2.24) is 0 Å². The average molecular weight is 340 g/mol. The molecule has 0 aliphatic heterocycles. The molecule has 1 aromatic rings. The summed E-state index contributed by atoms with van der Waals surface area (Å²) < 4.78 is 11.6. The number of rotatable bonds is 8. The Bertz CT molecular complexity index is 541. The Labute approximate surface area is 139 Å². The third kappa shape index (κ3) is 5.51. The second-order valence-corrected chi connectivity index (χ2v) is 11.9. The van der Waals surface area contributed by atoms with Crippen molar-refractivity contribution in [1.29, 1.82) is 0 Å². The summed E-state index contributed by atoms with van der Waals surface area (Å²) in [7, 11) is -1.71. The maximum atomic E-state index is 11.0. The summed E-state index contributed by atoms with van der Waals surface area (Å²) in [6.07, 6.45) is 1.64. The molecule has 0 bridgehead atoms. The molecule has 0 unspecified atom stereocenters. The number of hydrogen-bond acceptors (Lipinski definition) is 5. The van der Waals surface area contributed by atoms with Crippen molar-refractivity contribution in [3.05, 3.63) is 28.3 Å². The molecule has 0 fully saturated rings. The van der Waals surface area contributed by atoms with Crippen LogP contribution in [0, 0.1) is 10.1 Å². The number of unbranched alkanes of at least 4 members (excludes halogenated alkanes) is 1. The molecule has 23 heavy (non-hydrogen) atoms. The monoisotopic (exact) mass is 340 g/mol. The molecule has 130 valence electrons. The SMILES string of the molecule is CC(C)(C)[Si](C)(C)OCCCCOc1cccc(N)c1[N+](=O)[O-]. The second-order valence-electron chi connectivity index (χ2n) is 7.12. The van der Waals surface area contributed by atoms with E-state index in [4.69, 9.17) is 14.9 Å². The second kappa shape index (κ2) is 7.78. The minimum atomic E-state index is -1.71. The van der Waals surface area contributed by atoms with Crippen molar-refractivity contribution >= 4 is 19.7 Å². The van der Waals surface area contributed by atoms with Gasteiger partial charge < -0.3 is 14.9 Å². The van der Waals surface area contributed by atoms with Crippen LogP contribution in [0.4, 0.5) is 11.4 Å². The van der Waals surface area contributed by atoms with Gasteiger partial charge in [-0.05, 0) is 43.1 Å². The van der Waals surface area contributed by atoms with Gasteiger partial charge in [-0.15, -0.1) is 0 Å². The van der Waals surface area contributed by atoms with E-state index in [1.54, 1.807) is 12.1 Å². The number of hydrogen-bond donors (Lipinski definition) is 1. The molecular weight excluding hydrogens is 312 g/mol. The predicted octanol–water partition coefficient (Wildman–Crippen LogP) is 4.36. The van der Waals surface area contributed by atoms with Gasteiger partial charge in [0.2, 0.25) is 0 Å². The molecule has 0 saturated carbocycles. The maximum Gasteiger partial charge on any atom is 0.333 e. The van der Waals surface area contributed by atoms with Crippen molar-refractivity contribution in [2.24, 2.45) is 0 Å². The minimum absolute atomic E-state index is 0.119. The Balaban J connectivity index is 2.40. The highest BCUT2D eigenvalue weighted by Gasteiger charge is 2.36. The van der Waals surface area contributed by atoms with Gasteiger partial charge in [0.15, 0.2) is 14.1 Å². The number of nitro benzene ring substituents is 1. The summed E-state index contributed by atoms with van der Waals surface area (Å²) in [5, 5.41) is 11.2. The Hall–Kier alpha value is -1.60. The van der Waals surface area contributed by atoms with E-state index in [0.717, 1.165) is 12.8 Å². The third-order valence-electron chi connectivity index (χ3n) is 4.28. The first-order valence-electron chi connectivity index (χ1n) is 7.86. The van der Waals surface area contributed by atoms with Crippen LogP contribution in [-0.2, 0) is 4.43 Å². The van der Waals surface area contributed by atoms with Gasteiger partial charge in [-0.25, -0.2) is 0 Å². The van der Waals surface area contributed by atoms with E-state index in [9.17, 15) is 10.1 Å². The van der Waals surface area contributed by atoms with Crippen LogP contribution in [0.2, 0.25) is 18.1 Å². The summed E-state index contributed by atoms with van der Waals surface area (Å²) in [4.78, 5) is 10.5. The molecular formula is C16H28N2O4Si. The Morgan fingerprint density at radius 1 is 1.22 bits per heavy atom. The number of nitrogen functional groups attached to an aromatic ring is 1. The lowest BCUT2D eigenvalue weighted by Gasteiger charge is -2.36. The van der Waals surface area contributed by atoms with Gasteiger partial charge in [-0.1, -0.05) is 26.8 Å². The smallest absolute Gasteiger partial charge is 0.333 e. The van der Waals surface area contributed by atoms with Crippen LogP contribution in [0.3, 0.4) is 0 Å². The third-order valence-corrected chi connectivity index (χ3v) is 8.82. The van der Waals surface area contributed by atoms with Crippen LogP contribution < -0.4 is 10.5 Å². The molecule has 0 heterocycles. The summed E-state index contributed by atoms with van der Waals surface area (Å²) in [5.74, 6) is 0.223. The van der Waals surface area contributed by atoms with Crippen LogP contribution in [-0.4, -0.2) is 26.5 Å². The van der Waals surface area contributed by atoms with Crippen molar-refractivity contribution in [3.8, 4) is 5.75 Å². The molecule has 1 aromatic carbocycles. The highest BCUT2D eigenvalue weighted by molar-refractivity contribution is 6.74. The van der Waals surface area contributed by atoms with Crippen LogP contribution >= 0.6 is 0 Å². The van der Waals surface area contributed by atoms with Crippen LogP contribution in [0.15, 0.2) is 18.2 Å². The van der Waals surface area contributed by atoms with Gasteiger partial charge in [-0.3, -0.25) is 10.1 Å². The largest absolute Gasteiger partial charge is 0.487 e. The molecule has 0 spiro atoms. The van der Waals surface area contributed by atoms with E-state index >= 15 is 0 Å². The number of anilines is 1. The van der Waals surface area contributed by atoms with E-state index in [1.807, 2.05) is 0 Å². The fraction of sp³-hybridized carbons (Fsp3) is 0.625. The van der Waals surface area contributed by atoms with Crippen LogP contribution in [0.1, 0.15) is 33.6 Å². The molecule has 0 radical (unpaired) electrons. The maximum absolute atomic E-state index is 11.0. The Kier molecular flexibility index (Phi) is 6.58. The normalized spacial score (nSPS) is 12.2. The van der Waals surface area contributed by atoms with E-state index in [1.165, 1.54) is 6.07 Å². The quantitative estimate of drug-likeness (QED) is 0.250. The van der Waals surface area contributed by atoms with Crippen molar-refractivity contribution in [2.75, 3.05) is 18.9 Å².